The van der Waals surface area contributed by atoms with E-state index >= 15 is 0 Å². The molecule has 1 unspecified atom stereocenters. The SMILES string of the molecule is O=C1CCC(N2C(=O)c3ccc(CNC(=O)Nc4cnc5ccnn5c4)cc3C2=O)C(=O)N1. The molecule has 3 N–H and O–H groups in total. The summed E-state index contributed by atoms with van der Waals surface area (Å²) in [5, 5.41) is 11.5. The number of anilines is 1. The van der Waals surface area contributed by atoms with Gasteiger partial charge in [-0.15, -0.1) is 0 Å². The standard InChI is InChI=1S/C21H17N7O5/c29-17-4-3-15(18(30)26-17)28-19(31)13-2-1-11(7-14(13)20(28)32)8-23-21(33)25-12-9-22-16-5-6-24-27(16)10-12/h1-2,5-7,9-10,15H,3-4,8H2,(H2,23,25,33)(H,26,29,30). The van der Waals surface area contributed by atoms with Crippen LogP contribution in [0.5, 0.6) is 0 Å². The maximum absolute atomic E-state index is 12.9. The molecule has 0 saturated carbocycles. The molecule has 0 aliphatic carbocycles. The molecule has 2 aliphatic heterocycles. The molecule has 166 valence electrons. The first kappa shape index (κ1) is 20.3. The molecule has 4 heterocycles. The quantitative estimate of drug-likeness (QED) is 0.491. The van der Waals surface area contributed by atoms with Crippen molar-refractivity contribution in [1.29, 1.82) is 0 Å². The molecule has 5 rings (SSSR count). The largest absolute Gasteiger partial charge is 0.334 e. The Morgan fingerprint density at radius 3 is 2.76 bits per heavy atom. The van der Waals surface area contributed by atoms with E-state index in [0.29, 0.717) is 16.9 Å². The second-order valence-corrected chi connectivity index (χ2v) is 7.61. The molecule has 3 aromatic rings. The number of hydrogen-bond donors (Lipinski definition) is 3. The summed E-state index contributed by atoms with van der Waals surface area (Å²) in [7, 11) is 0. The minimum Gasteiger partial charge on any atom is -0.334 e. The van der Waals surface area contributed by atoms with E-state index in [1.54, 1.807) is 24.5 Å². The van der Waals surface area contributed by atoms with Crippen molar-refractivity contribution in [3.63, 3.8) is 0 Å². The van der Waals surface area contributed by atoms with Gasteiger partial charge in [0.1, 0.15) is 6.04 Å². The molecule has 6 amide bonds. The summed E-state index contributed by atoms with van der Waals surface area (Å²) in [6.45, 7) is 0.0937. The molecule has 1 aromatic carbocycles. The number of carbonyl (C=O) groups is 5. The average Bonchev–Trinajstić information content (AvgIpc) is 3.35. The third-order valence-corrected chi connectivity index (χ3v) is 5.46. The van der Waals surface area contributed by atoms with E-state index in [2.05, 4.69) is 26.0 Å². The van der Waals surface area contributed by atoms with E-state index in [0.717, 1.165) is 4.90 Å². The van der Waals surface area contributed by atoms with Crippen LogP contribution in [0.2, 0.25) is 0 Å². The van der Waals surface area contributed by atoms with Gasteiger partial charge in [0, 0.05) is 19.0 Å². The molecule has 12 nitrogen and oxygen atoms in total. The van der Waals surface area contributed by atoms with Gasteiger partial charge in [0.15, 0.2) is 5.65 Å². The van der Waals surface area contributed by atoms with Crippen molar-refractivity contribution in [1.82, 2.24) is 30.1 Å². The van der Waals surface area contributed by atoms with Crippen molar-refractivity contribution in [2.24, 2.45) is 0 Å². The number of nitrogens with zero attached hydrogens (tertiary/aromatic N) is 4. The zero-order valence-corrected chi connectivity index (χ0v) is 17.1. The Balaban J connectivity index is 1.26. The van der Waals surface area contributed by atoms with Gasteiger partial charge in [0.25, 0.3) is 11.8 Å². The van der Waals surface area contributed by atoms with Gasteiger partial charge in [-0.25, -0.2) is 14.3 Å². The summed E-state index contributed by atoms with van der Waals surface area (Å²) in [5.41, 5.74) is 2.01. The molecule has 0 radical (unpaired) electrons. The zero-order chi connectivity index (χ0) is 23.1. The number of urea groups is 1. The molecule has 0 spiro atoms. The molecular weight excluding hydrogens is 430 g/mol. The summed E-state index contributed by atoms with van der Waals surface area (Å²) in [5.74, 6) is -2.28. The Labute approximate surface area is 186 Å². The highest BCUT2D eigenvalue weighted by molar-refractivity contribution is 6.23. The van der Waals surface area contributed by atoms with E-state index in [1.807, 2.05) is 0 Å². The number of amides is 6. The number of piperidine rings is 1. The fourth-order valence-electron chi connectivity index (χ4n) is 3.86. The van der Waals surface area contributed by atoms with Gasteiger partial charge in [0.05, 0.1) is 35.4 Å². The molecule has 12 heteroatoms. The van der Waals surface area contributed by atoms with Gasteiger partial charge >= 0.3 is 6.03 Å². The Kier molecular flexibility index (Phi) is 4.81. The monoisotopic (exact) mass is 447 g/mol. The van der Waals surface area contributed by atoms with Crippen LogP contribution in [0.15, 0.2) is 42.9 Å². The zero-order valence-electron chi connectivity index (χ0n) is 17.1. The molecule has 1 saturated heterocycles. The van der Waals surface area contributed by atoms with E-state index in [1.165, 1.54) is 22.8 Å². The number of hydrogen-bond acceptors (Lipinski definition) is 7. The predicted octanol–water partition coefficient (Wildman–Crippen LogP) is 0.452. The third-order valence-electron chi connectivity index (χ3n) is 5.46. The van der Waals surface area contributed by atoms with Gasteiger partial charge < -0.3 is 10.6 Å². The van der Waals surface area contributed by atoms with Crippen molar-refractivity contribution >= 4 is 41.0 Å². The van der Waals surface area contributed by atoms with Crippen LogP contribution in [0, 0.1) is 0 Å². The maximum Gasteiger partial charge on any atom is 0.319 e. The lowest BCUT2D eigenvalue weighted by Gasteiger charge is -2.27. The summed E-state index contributed by atoms with van der Waals surface area (Å²) in [4.78, 5) is 66.4. The van der Waals surface area contributed by atoms with Crippen LogP contribution < -0.4 is 16.0 Å². The van der Waals surface area contributed by atoms with Crippen LogP contribution in [0.25, 0.3) is 5.65 Å². The fraction of sp³-hybridized carbons (Fsp3) is 0.190. The Morgan fingerprint density at radius 2 is 1.94 bits per heavy atom. The first-order valence-corrected chi connectivity index (χ1v) is 10.1. The lowest BCUT2D eigenvalue weighted by molar-refractivity contribution is -0.136. The lowest BCUT2D eigenvalue weighted by atomic mass is 10.0. The minimum absolute atomic E-state index is 0.0525. The molecular formula is C21H17N7O5. The van der Waals surface area contributed by atoms with Crippen LogP contribution in [0.1, 0.15) is 39.1 Å². The predicted molar refractivity (Wildman–Crippen MR) is 112 cm³/mol. The fourth-order valence-corrected chi connectivity index (χ4v) is 3.86. The van der Waals surface area contributed by atoms with Crippen LogP contribution in [-0.4, -0.2) is 55.2 Å². The summed E-state index contributed by atoms with van der Waals surface area (Å²) >= 11 is 0. The second kappa shape index (κ2) is 7.82. The summed E-state index contributed by atoms with van der Waals surface area (Å²) in [6, 6.07) is 4.84. The number of imide groups is 2. The molecule has 1 fully saturated rings. The van der Waals surface area contributed by atoms with Crippen molar-refractivity contribution in [2.75, 3.05) is 5.32 Å². The number of aromatic nitrogens is 3. The van der Waals surface area contributed by atoms with Crippen LogP contribution in [0.3, 0.4) is 0 Å². The van der Waals surface area contributed by atoms with Crippen molar-refractivity contribution in [3.05, 3.63) is 59.5 Å². The van der Waals surface area contributed by atoms with Crippen LogP contribution in [0.4, 0.5) is 10.5 Å². The van der Waals surface area contributed by atoms with Gasteiger partial charge in [-0.3, -0.25) is 29.4 Å². The first-order valence-electron chi connectivity index (χ1n) is 10.1. The molecule has 0 bridgehead atoms. The van der Waals surface area contributed by atoms with Crippen molar-refractivity contribution in [2.45, 2.75) is 25.4 Å². The molecule has 2 aliphatic rings. The lowest BCUT2D eigenvalue weighted by Crippen LogP contribution is -2.54. The molecule has 2 aromatic heterocycles. The third kappa shape index (κ3) is 3.67. The summed E-state index contributed by atoms with van der Waals surface area (Å²) < 4.78 is 1.52. The van der Waals surface area contributed by atoms with E-state index in [-0.39, 0.29) is 30.5 Å². The number of fused-ring (bicyclic) bond motifs is 2. The molecule has 1 atom stereocenters. The topological polar surface area (TPSA) is 155 Å². The highest BCUT2D eigenvalue weighted by Gasteiger charge is 2.44. The average molecular weight is 447 g/mol. The first-order chi connectivity index (χ1) is 15.9. The number of rotatable bonds is 4. The van der Waals surface area contributed by atoms with E-state index in [9.17, 15) is 24.0 Å². The maximum atomic E-state index is 12.9. The van der Waals surface area contributed by atoms with Crippen LogP contribution >= 0.6 is 0 Å². The normalized spacial score (nSPS) is 17.8. The molecule has 33 heavy (non-hydrogen) atoms. The number of carbonyl (C=O) groups excluding carboxylic acids is 5. The van der Waals surface area contributed by atoms with Gasteiger partial charge in [-0.2, -0.15) is 5.10 Å². The van der Waals surface area contributed by atoms with E-state index in [4.69, 9.17) is 0 Å². The van der Waals surface area contributed by atoms with Crippen LogP contribution in [-0.2, 0) is 16.1 Å². The highest BCUT2D eigenvalue weighted by atomic mass is 16.2. The Hall–Kier alpha value is -4.61. The van der Waals surface area contributed by atoms with E-state index < -0.39 is 35.7 Å². The highest BCUT2D eigenvalue weighted by Crippen LogP contribution is 2.28. The van der Waals surface area contributed by atoms with Gasteiger partial charge in [-0.05, 0) is 24.1 Å². The van der Waals surface area contributed by atoms with Crippen molar-refractivity contribution in [3.8, 4) is 0 Å². The van der Waals surface area contributed by atoms with Gasteiger partial charge in [0.2, 0.25) is 11.8 Å². The Bertz CT molecular complexity index is 1350. The smallest absolute Gasteiger partial charge is 0.319 e. The van der Waals surface area contributed by atoms with Crippen molar-refractivity contribution < 1.29 is 24.0 Å². The minimum atomic E-state index is -1.02. The summed E-state index contributed by atoms with van der Waals surface area (Å²) in [6.07, 6.45) is 4.85. The Morgan fingerprint density at radius 1 is 1.12 bits per heavy atom. The second-order valence-electron chi connectivity index (χ2n) is 7.61. The number of benzene rings is 1. The van der Waals surface area contributed by atoms with Gasteiger partial charge in [-0.1, -0.05) is 6.07 Å². The number of nitrogens with one attached hydrogen (secondary N) is 3.